The van der Waals surface area contributed by atoms with Crippen LogP contribution in [0.4, 0.5) is 5.69 Å². The first-order valence-electron chi connectivity index (χ1n) is 7.71. The summed E-state index contributed by atoms with van der Waals surface area (Å²) in [6.07, 6.45) is 0.578. The predicted molar refractivity (Wildman–Crippen MR) is 90.1 cm³/mol. The molecule has 1 aliphatic heterocycles. The van der Waals surface area contributed by atoms with E-state index >= 15 is 0 Å². The molecule has 0 aromatic heterocycles. The van der Waals surface area contributed by atoms with E-state index in [0.717, 1.165) is 16.8 Å². The van der Waals surface area contributed by atoms with Crippen molar-refractivity contribution in [1.82, 2.24) is 10.9 Å². The molecule has 1 saturated heterocycles. The molecule has 2 aromatic rings. The minimum absolute atomic E-state index is 0.0846. The lowest BCUT2D eigenvalue weighted by Gasteiger charge is -2.12. The number of phenolic OH excluding ortho intramolecular Hbond substituents is 1. The van der Waals surface area contributed by atoms with Crippen molar-refractivity contribution in [3.05, 3.63) is 59.2 Å². The molecule has 0 bridgehead atoms. The van der Waals surface area contributed by atoms with Crippen LogP contribution in [0.2, 0.25) is 0 Å². The van der Waals surface area contributed by atoms with Crippen LogP contribution in [0.1, 0.15) is 29.2 Å². The summed E-state index contributed by atoms with van der Waals surface area (Å²) in [7, 11) is 0. The van der Waals surface area contributed by atoms with Crippen LogP contribution in [0, 0.1) is 13.8 Å². The second-order valence-electron chi connectivity index (χ2n) is 5.98. The molecule has 0 saturated carbocycles. The molecule has 1 heterocycles. The Morgan fingerprint density at radius 1 is 1.13 bits per heavy atom. The van der Waals surface area contributed by atoms with E-state index in [9.17, 15) is 9.90 Å². The number of rotatable bonds is 3. The van der Waals surface area contributed by atoms with Gasteiger partial charge in [0.25, 0.3) is 0 Å². The van der Waals surface area contributed by atoms with Gasteiger partial charge in [0.2, 0.25) is 5.91 Å². The first-order valence-corrected chi connectivity index (χ1v) is 7.71. The number of hydrazine groups is 1. The van der Waals surface area contributed by atoms with Crippen molar-refractivity contribution >= 4 is 11.6 Å². The summed E-state index contributed by atoms with van der Waals surface area (Å²) in [5.41, 5.74) is 10.0. The highest BCUT2D eigenvalue weighted by Crippen LogP contribution is 2.29. The summed E-state index contributed by atoms with van der Waals surface area (Å²) in [5, 5.41) is 12.9. The van der Waals surface area contributed by atoms with Gasteiger partial charge in [0.15, 0.2) is 0 Å². The highest BCUT2D eigenvalue weighted by molar-refractivity contribution is 5.95. The number of hydrogen-bond acceptors (Lipinski definition) is 4. The molecule has 1 fully saturated rings. The zero-order valence-corrected chi connectivity index (χ0v) is 13.3. The summed E-state index contributed by atoms with van der Waals surface area (Å²) in [6.45, 7) is 4.06. The summed E-state index contributed by atoms with van der Waals surface area (Å²) >= 11 is 0. The van der Waals surface area contributed by atoms with Gasteiger partial charge in [-0.05, 0) is 49.6 Å². The fraction of sp³-hybridized carbons (Fsp3) is 0.278. The molecule has 2 atom stereocenters. The van der Waals surface area contributed by atoms with Gasteiger partial charge in [-0.3, -0.25) is 4.79 Å². The molecule has 5 nitrogen and oxygen atoms in total. The lowest BCUT2D eigenvalue weighted by atomic mass is 10.0. The molecule has 23 heavy (non-hydrogen) atoms. The van der Waals surface area contributed by atoms with E-state index in [1.807, 2.05) is 44.2 Å². The highest BCUT2D eigenvalue weighted by atomic mass is 16.3. The monoisotopic (exact) mass is 311 g/mol. The Morgan fingerprint density at radius 2 is 1.91 bits per heavy atom. The molecule has 1 amide bonds. The van der Waals surface area contributed by atoms with E-state index in [1.54, 1.807) is 12.1 Å². The molecule has 4 N–H and O–H groups in total. The third-order valence-corrected chi connectivity index (χ3v) is 4.31. The van der Waals surface area contributed by atoms with Crippen molar-refractivity contribution in [3.63, 3.8) is 0 Å². The maximum absolute atomic E-state index is 12.4. The number of nitrogens with one attached hydrogen (secondary N) is 3. The fourth-order valence-corrected chi connectivity index (χ4v) is 2.76. The molecular formula is C18H21N3O2. The third-order valence-electron chi connectivity index (χ3n) is 4.31. The number of anilines is 1. The average Bonchev–Trinajstić information content (AvgIpc) is 3.01. The second-order valence-corrected chi connectivity index (χ2v) is 5.98. The second kappa shape index (κ2) is 6.40. The van der Waals surface area contributed by atoms with E-state index in [2.05, 4.69) is 16.2 Å². The van der Waals surface area contributed by atoms with Crippen molar-refractivity contribution < 1.29 is 9.90 Å². The summed E-state index contributed by atoms with van der Waals surface area (Å²) in [5.74, 6) is 0.153. The number of aromatic hydroxyl groups is 1. The van der Waals surface area contributed by atoms with Crippen LogP contribution in [-0.4, -0.2) is 17.1 Å². The fourth-order valence-electron chi connectivity index (χ4n) is 2.76. The van der Waals surface area contributed by atoms with Gasteiger partial charge < -0.3 is 10.4 Å². The SMILES string of the molecule is Cc1ccc(NC(=O)C2CC(c3ccccc3O)NN2)cc1C. The predicted octanol–water partition coefficient (Wildman–Crippen LogP) is 2.56. The maximum Gasteiger partial charge on any atom is 0.242 e. The quantitative estimate of drug-likeness (QED) is 0.703. The average molecular weight is 311 g/mol. The topological polar surface area (TPSA) is 73.4 Å². The van der Waals surface area contributed by atoms with E-state index in [4.69, 9.17) is 0 Å². The summed E-state index contributed by atoms with van der Waals surface area (Å²) in [6, 6.07) is 12.6. The molecule has 0 aliphatic carbocycles. The first-order chi connectivity index (χ1) is 11.0. The number of carbonyl (C=O) groups is 1. The van der Waals surface area contributed by atoms with Crippen LogP contribution < -0.4 is 16.2 Å². The molecule has 3 rings (SSSR count). The molecule has 0 radical (unpaired) electrons. The smallest absolute Gasteiger partial charge is 0.242 e. The van der Waals surface area contributed by atoms with Crippen molar-refractivity contribution in [2.75, 3.05) is 5.32 Å². The van der Waals surface area contributed by atoms with Crippen molar-refractivity contribution in [2.45, 2.75) is 32.4 Å². The van der Waals surface area contributed by atoms with Gasteiger partial charge in [-0.25, -0.2) is 10.9 Å². The maximum atomic E-state index is 12.4. The number of hydrogen-bond donors (Lipinski definition) is 4. The molecule has 2 aromatic carbocycles. The van der Waals surface area contributed by atoms with Crippen LogP contribution in [0.5, 0.6) is 5.75 Å². The van der Waals surface area contributed by atoms with Crippen LogP contribution in [0.15, 0.2) is 42.5 Å². The van der Waals surface area contributed by atoms with E-state index in [1.165, 1.54) is 5.56 Å². The number of aryl methyl sites for hydroxylation is 2. The van der Waals surface area contributed by atoms with Gasteiger partial charge in [0, 0.05) is 11.3 Å². The summed E-state index contributed by atoms with van der Waals surface area (Å²) in [4.78, 5) is 12.4. The number of carbonyl (C=O) groups excluding carboxylic acids is 1. The minimum atomic E-state index is -0.346. The van der Waals surface area contributed by atoms with Crippen LogP contribution in [0.25, 0.3) is 0 Å². The number of para-hydroxylation sites is 1. The van der Waals surface area contributed by atoms with Gasteiger partial charge >= 0.3 is 0 Å². The molecule has 5 heteroatoms. The van der Waals surface area contributed by atoms with E-state index < -0.39 is 0 Å². The first kappa shape index (κ1) is 15.5. The largest absolute Gasteiger partial charge is 0.508 e. The normalized spacial score (nSPS) is 20.4. The van der Waals surface area contributed by atoms with Gasteiger partial charge in [0.05, 0.1) is 6.04 Å². The molecule has 0 spiro atoms. The zero-order chi connectivity index (χ0) is 16.4. The Kier molecular flexibility index (Phi) is 4.32. The lowest BCUT2D eigenvalue weighted by Crippen LogP contribution is -2.39. The third kappa shape index (κ3) is 3.36. The van der Waals surface area contributed by atoms with Gasteiger partial charge in [-0.1, -0.05) is 24.3 Å². The number of phenols is 1. The van der Waals surface area contributed by atoms with Crippen LogP contribution in [0.3, 0.4) is 0 Å². The minimum Gasteiger partial charge on any atom is -0.508 e. The Hall–Kier alpha value is -2.37. The standard InChI is InChI=1S/C18H21N3O2/c1-11-7-8-13(9-12(11)2)19-18(23)16-10-15(20-21-16)14-5-3-4-6-17(14)22/h3-9,15-16,20-22H,10H2,1-2H3,(H,19,23). The molecule has 120 valence electrons. The van der Waals surface area contributed by atoms with Gasteiger partial charge in [0.1, 0.15) is 11.8 Å². The molecule has 2 unspecified atom stereocenters. The zero-order valence-electron chi connectivity index (χ0n) is 13.3. The van der Waals surface area contributed by atoms with Crippen LogP contribution in [-0.2, 0) is 4.79 Å². The summed E-state index contributed by atoms with van der Waals surface area (Å²) < 4.78 is 0. The number of amides is 1. The van der Waals surface area contributed by atoms with E-state index in [0.29, 0.717) is 6.42 Å². The Labute approximate surface area is 135 Å². The highest BCUT2D eigenvalue weighted by Gasteiger charge is 2.31. The van der Waals surface area contributed by atoms with Crippen LogP contribution >= 0.6 is 0 Å². The van der Waals surface area contributed by atoms with Crippen molar-refractivity contribution in [2.24, 2.45) is 0 Å². The number of benzene rings is 2. The van der Waals surface area contributed by atoms with Crippen molar-refractivity contribution in [3.8, 4) is 5.75 Å². The van der Waals surface area contributed by atoms with Gasteiger partial charge in [-0.2, -0.15) is 0 Å². The van der Waals surface area contributed by atoms with Crippen molar-refractivity contribution in [1.29, 1.82) is 0 Å². The van der Waals surface area contributed by atoms with E-state index in [-0.39, 0.29) is 23.7 Å². The lowest BCUT2D eigenvalue weighted by molar-refractivity contribution is -0.117. The Balaban J connectivity index is 1.65. The molecular weight excluding hydrogens is 290 g/mol. The van der Waals surface area contributed by atoms with Gasteiger partial charge in [-0.15, -0.1) is 0 Å². The molecule has 1 aliphatic rings. The Morgan fingerprint density at radius 3 is 2.65 bits per heavy atom. The Bertz CT molecular complexity index is 730.